The molecule has 0 bridgehead atoms. The Kier molecular flexibility index (Phi) is 4.91. The van der Waals surface area contributed by atoms with Gasteiger partial charge in [-0.2, -0.15) is 0 Å². The summed E-state index contributed by atoms with van der Waals surface area (Å²) in [6.07, 6.45) is 1.71. The van der Waals surface area contributed by atoms with Gasteiger partial charge in [0, 0.05) is 29.3 Å². The fraction of sp³-hybridized carbons (Fsp3) is 0.286. The van der Waals surface area contributed by atoms with E-state index in [0.29, 0.717) is 36.3 Å². The van der Waals surface area contributed by atoms with E-state index in [-0.39, 0.29) is 11.9 Å². The van der Waals surface area contributed by atoms with Gasteiger partial charge in [-0.15, -0.1) is 0 Å². The van der Waals surface area contributed by atoms with Gasteiger partial charge in [0.15, 0.2) is 0 Å². The van der Waals surface area contributed by atoms with Gasteiger partial charge >= 0.3 is 0 Å². The highest BCUT2D eigenvalue weighted by molar-refractivity contribution is 6.29. The zero-order valence-corrected chi connectivity index (χ0v) is 16.5. The molecule has 2 aromatic heterocycles. The number of anilines is 1. The van der Waals surface area contributed by atoms with E-state index in [1.54, 1.807) is 18.3 Å². The van der Waals surface area contributed by atoms with Crippen LogP contribution in [0.2, 0.25) is 5.15 Å². The summed E-state index contributed by atoms with van der Waals surface area (Å²) >= 11 is 5.88. The van der Waals surface area contributed by atoms with Crippen molar-refractivity contribution in [3.8, 4) is 0 Å². The first kappa shape index (κ1) is 18.7. The van der Waals surface area contributed by atoms with Crippen LogP contribution in [0.15, 0.2) is 36.5 Å². The van der Waals surface area contributed by atoms with Gasteiger partial charge in [0.25, 0.3) is 5.91 Å². The molecular weight excluding hydrogens is 376 g/mol. The quantitative estimate of drug-likeness (QED) is 0.671. The second-order valence-electron chi connectivity index (χ2n) is 6.86. The molecule has 0 saturated heterocycles. The van der Waals surface area contributed by atoms with Gasteiger partial charge in [-0.05, 0) is 49.2 Å². The summed E-state index contributed by atoms with van der Waals surface area (Å²) < 4.78 is 5.55. The van der Waals surface area contributed by atoms with Crippen LogP contribution >= 0.6 is 11.6 Å². The molecule has 1 aliphatic rings. The van der Waals surface area contributed by atoms with Crippen LogP contribution in [0.1, 0.15) is 46.9 Å². The molecule has 1 aliphatic heterocycles. The fourth-order valence-electron chi connectivity index (χ4n) is 3.68. The van der Waals surface area contributed by atoms with Gasteiger partial charge in [0.1, 0.15) is 11.0 Å². The molecule has 144 valence electrons. The standard InChI is InChI=1S/C21H21ClN4O2/c1-3-26(12(2)14-5-7-19(22)24-9-14)21(27)13-4-6-18-15(8-13)16-10-28-11-17(16)20(23)25-18/h4-9,12H,3,10-11H2,1-2H3,(H2,23,25)/t12-/m0/s1. The van der Waals surface area contributed by atoms with E-state index in [1.807, 2.05) is 36.9 Å². The van der Waals surface area contributed by atoms with Crippen molar-refractivity contribution in [2.75, 3.05) is 12.3 Å². The Morgan fingerprint density at radius 1 is 1.29 bits per heavy atom. The number of benzene rings is 1. The molecule has 7 heteroatoms. The number of nitrogens with two attached hydrogens (primary N) is 1. The van der Waals surface area contributed by atoms with Crippen molar-refractivity contribution in [2.45, 2.75) is 33.1 Å². The number of halogens is 1. The molecule has 0 saturated carbocycles. The van der Waals surface area contributed by atoms with E-state index in [0.717, 1.165) is 27.6 Å². The summed E-state index contributed by atoms with van der Waals surface area (Å²) in [4.78, 5) is 23.7. The monoisotopic (exact) mass is 396 g/mol. The van der Waals surface area contributed by atoms with Gasteiger partial charge < -0.3 is 15.4 Å². The lowest BCUT2D eigenvalue weighted by Gasteiger charge is -2.28. The zero-order chi connectivity index (χ0) is 19.8. The first-order valence-corrected chi connectivity index (χ1v) is 9.58. The van der Waals surface area contributed by atoms with Crippen LogP contribution in [-0.2, 0) is 18.0 Å². The van der Waals surface area contributed by atoms with Gasteiger partial charge in [-0.25, -0.2) is 9.97 Å². The predicted octanol–water partition coefficient (Wildman–Crippen LogP) is 4.12. The van der Waals surface area contributed by atoms with Gasteiger partial charge in [0.2, 0.25) is 0 Å². The Bertz CT molecular complexity index is 1050. The highest BCUT2D eigenvalue weighted by Crippen LogP contribution is 2.32. The van der Waals surface area contributed by atoms with Crippen LogP contribution in [-0.4, -0.2) is 27.3 Å². The van der Waals surface area contributed by atoms with Crippen molar-refractivity contribution in [3.05, 3.63) is 63.9 Å². The minimum Gasteiger partial charge on any atom is -0.383 e. The van der Waals surface area contributed by atoms with Crippen LogP contribution in [0, 0.1) is 0 Å². The third-order valence-electron chi connectivity index (χ3n) is 5.28. The first-order chi connectivity index (χ1) is 13.5. The minimum absolute atomic E-state index is 0.0451. The summed E-state index contributed by atoms with van der Waals surface area (Å²) in [5.41, 5.74) is 10.3. The number of nitrogen functional groups attached to an aromatic ring is 1. The molecule has 0 spiro atoms. The van der Waals surface area contributed by atoms with Crippen molar-refractivity contribution in [2.24, 2.45) is 0 Å². The van der Waals surface area contributed by atoms with Crippen LogP contribution in [0.4, 0.5) is 5.82 Å². The summed E-state index contributed by atoms with van der Waals surface area (Å²) in [6.45, 7) is 5.47. The zero-order valence-electron chi connectivity index (χ0n) is 15.8. The number of aromatic nitrogens is 2. The molecule has 28 heavy (non-hydrogen) atoms. The fourth-order valence-corrected chi connectivity index (χ4v) is 3.79. The molecule has 3 heterocycles. The maximum atomic E-state index is 13.3. The molecular formula is C21H21ClN4O2. The highest BCUT2D eigenvalue weighted by atomic mass is 35.5. The van der Waals surface area contributed by atoms with Crippen LogP contribution in [0.25, 0.3) is 10.9 Å². The summed E-state index contributed by atoms with van der Waals surface area (Å²) in [5, 5.41) is 1.35. The molecule has 1 aromatic carbocycles. The Hall–Kier alpha value is -2.70. The lowest BCUT2D eigenvalue weighted by atomic mass is 10.0. The SMILES string of the molecule is CCN(C(=O)c1ccc2nc(N)c3c(c2c1)COC3)[C@@H](C)c1ccc(Cl)nc1. The molecule has 0 aliphatic carbocycles. The number of pyridine rings is 2. The Morgan fingerprint density at radius 3 is 2.79 bits per heavy atom. The second kappa shape index (κ2) is 7.37. The molecule has 0 radical (unpaired) electrons. The first-order valence-electron chi connectivity index (χ1n) is 9.20. The van der Waals surface area contributed by atoms with E-state index in [1.165, 1.54) is 0 Å². The number of fused-ring (bicyclic) bond motifs is 3. The van der Waals surface area contributed by atoms with Crippen LogP contribution < -0.4 is 5.73 Å². The van der Waals surface area contributed by atoms with E-state index in [4.69, 9.17) is 22.1 Å². The van der Waals surface area contributed by atoms with Crippen molar-refractivity contribution in [3.63, 3.8) is 0 Å². The third kappa shape index (κ3) is 3.19. The van der Waals surface area contributed by atoms with Crippen molar-refractivity contribution >= 4 is 34.2 Å². The average molecular weight is 397 g/mol. The number of ether oxygens (including phenoxy) is 1. The molecule has 1 atom stereocenters. The average Bonchev–Trinajstić information content (AvgIpc) is 3.19. The van der Waals surface area contributed by atoms with E-state index < -0.39 is 0 Å². The Balaban J connectivity index is 1.71. The molecule has 1 amide bonds. The number of carbonyl (C=O) groups is 1. The largest absolute Gasteiger partial charge is 0.383 e. The number of hydrogen-bond donors (Lipinski definition) is 1. The number of amides is 1. The molecule has 0 unspecified atom stereocenters. The maximum absolute atomic E-state index is 13.3. The summed E-state index contributed by atoms with van der Waals surface area (Å²) in [5.74, 6) is 0.453. The molecule has 0 fully saturated rings. The minimum atomic E-state index is -0.128. The topological polar surface area (TPSA) is 81.3 Å². The normalized spacial score (nSPS) is 14.1. The van der Waals surface area contributed by atoms with Crippen molar-refractivity contribution in [1.29, 1.82) is 0 Å². The van der Waals surface area contributed by atoms with E-state index >= 15 is 0 Å². The van der Waals surface area contributed by atoms with Gasteiger partial charge in [-0.3, -0.25) is 4.79 Å². The lowest BCUT2D eigenvalue weighted by Crippen LogP contribution is -2.33. The van der Waals surface area contributed by atoms with Gasteiger partial charge in [0.05, 0.1) is 24.8 Å². The Morgan fingerprint density at radius 2 is 2.07 bits per heavy atom. The lowest BCUT2D eigenvalue weighted by molar-refractivity contribution is 0.0702. The maximum Gasteiger partial charge on any atom is 0.254 e. The predicted molar refractivity (Wildman–Crippen MR) is 109 cm³/mol. The number of carbonyl (C=O) groups excluding carboxylic acids is 1. The summed E-state index contributed by atoms with van der Waals surface area (Å²) in [6, 6.07) is 9.05. The molecule has 6 nitrogen and oxygen atoms in total. The van der Waals surface area contributed by atoms with Crippen molar-refractivity contribution in [1.82, 2.24) is 14.9 Å². The molecule has 2 N–H and O–H groups in total. The second-order valence-corrected chi connectivity index (χ2v) is 7.25. The number of nitrogens with zero attached hydrogens (tertiary/aromatic N) is 3. The van der Waals surface area contributed by atoms with E-state index in [9.17, 15) is 4.79 Å². The van der Waals surface area contributed by atoms with Crippen molar-refractivity contribution < 1.29 is 9.53 Å². The third-order valence-corrected chi connectivity index (χ3v) is 5.50. The molecule has 3 aromatic rings. The van der Waals surface area contributed by atoms with E-state index in [2.05, 4.69) is 9.97 Å². The summed E-state index contributed by atoms with van der Waals surface area (Å²) in [7, 11) is 0. The number of rotatable bonds is 4. The van der Waals surface area contributed by atoms with Gasteiger partial charge in [-0.1, -0.05) is 17.7 Å². The number of hydrogen-bond acceptors (Lipinski definition) is 5. The van der Waals surface area contributed by atoms with Crippen LogP contribution in [0.5, 0.6) is 0 Å². The van der Waals surface area contributed by atoms with Crippen LogP contribution in [0.3, 0.4) is 0 Å². The highest BCUT2D eigenvalue weighted by Gasteiger charge is 2.24. The Labute approximate surface area is 168 Å². The molecule has 4 rings (SSSR count). The smallest absolute Gasteiger partial charge is 0.254 e.